The maximum atomic E-state index is 10.7. The Labute approximate surface area is 92.2 Å². The second kappa shape index (κ2) is 5.23. The van der Waals surface area contributed by atoms with Gasteiger partial charge in [-0.15, -0.1) is 0 Å². The fourth-order valence-corrected chi connectivity index (χ4v) is 1.08. The lowest BCUT2D eigenvalue weighted by Crippen LogP contribution is -1.96. The molecule has 0 saturated heterocycles. The van der Waals surface area contributed by atoms with E-state index < -0.39 is 0 Å². The van der Waals surface area contributed by atoms with Gasteiger partial charge in [0.1, 0.15) is 12.2 Å². The molecule has 0 saturated carbocycles. The van der Waals surface area contributed by atoms with Crippen molar-refractivity contribution < 1.29 is 19.1 Å². The molecule has 0 spiro atoms. The van der Waals surface area contributed by atoms with Gasteiger partial charge in [-0.1, -0.05) is 12.8 Å². The smallest absolute Gasteiger partial charge is 0.153 e. The summed E-state index contributed by atoms with van der Waals surface area (Å²) in [5, 5.41) is 0. The van der Waals surface area contributed by atoms with Crippen LogP contribution in [0, 0.1) is 25.1 Å². The van der Waals surface area contributed by atoms with Gasteiger partial charge in [0.05, 0.1) is 11.1 Å². The van der Waals surface area contributed by atoms with E-state index in [0.717, 1.165) is 0 Å². The number of benzene rings is 1. The first-order valence-corrected chi connectivity index (χ1v) is 4.10. The summed E-state index contributed by atoms with van der Waals surface area (Å²) >= 11 is 0. The largest absolute Gasteiger partial charge is 0.407 e. The van der Waals surface area contributed by atoms with Gasteiger partial charge in [-0.3, -0.25) is 9.59 Å². The van der Waals surface area contributed by atoms with Gasteiger partial charge in [-0.2, -0.15) is 0 Å². The van der Waals surface area contributed by atoms with E-state index in [-0.39, 0.29) is 22.6 Å². The highest BCUT2D eigenvalue weighted by Gasteiger charge is 2.11. The van der Waals surface area contributed by atoms with Crippen molar-refractivity contribution in [3.63, 3.8) is 0 Å². The first-order chi connectivity index (χ1) is 7.76. The van der Waals surface area contributed by atoms with Crippen molar-refractivity contribution in [2.45, 2.75) is 0 Å². The zero-order chi connectivity index (χ0) is 12.0. The molecule has 0 amide bonds. The van der Waals surface area contributed by atoms with Crippen LogP contribution in [-0.2, 0) is 0 Å². The predicted octanol–water partition coefficient (Wildman–Crippen LogP) is 1.25. The molecule has 0 unspecified atom stereocenters. The number of aldehydes is 2. The molecule has 1 rings (SSSR count). The summed E-state index contributed by atoms with van der Waals surface area (Å²) in [6, 6.07) is 2.56. The molecule has 1 aromatic rings. The number of carbonyl (C=O) groups excluding carboxylic acids is 2. The minimum Gasteiger partial charge on any atom is -0.407 e. The second-order valence-electron chi connectivity index (χ2n) is 2.60. The van der Waals surface area contributed by atoms with Crippen molar-refractivity contribution in [1.29, 1.82) is 0 Å². The number of rotatable bonds is 4. The SMILES string of the molecule is C#COc1cc(C=O)c(OC#C)cc1C=O. The summed E-state index contributed by atoms with van der Waals surface area (Å²) in [5.74, 6) is 0.202. The van der Waals surface area contributed by atoms with Crippen molar-refractivity contribution in [1.82, 2.24) is 0 Å². The molecule has 0 aliphatic rings. The van der Waals surface area contributed by atoms with Crippen LogP contribution in [-0.4, -0.2) is 12.6 Å². The van der Waals surface area contributed by atoms with Crippen LogP contribution < -0.4 is 9.47 Å². The molecule has 0 aliphatic heterocycles. The van der Waals surface area contributed by atoms with Crippen molar-refractivity contribution in [2.75, 3.05) is 0 Å². The van der Waals surface area contributed by atoms with Crippen molar-refractivity contribution in [2.24, 2.45) is 0 Å². The third-order valence-electron chi connectivity index (χ3n) is 1.73. The highest BCUT2D eigenvalue weighted by Crippen LogP contribution is 2.26. The second-order valence-corrected chi connectivity index (χ2v) is 2.60. The summed E-state index contributed by atoms with van der Waals surface area (Å²) in [7, 11) is 0. The zero-order valence-electron chi connectivity index (χ0n) is 8.10. The highest BCUT2D eigenvalue weighted by atomic mass is 16.5. The Bertz CT molecular complexity index is 455. The summed E-state index contributed by atoms with van der Waals surface area (Å²) in [6.07, 6.45) is 14.7. The molecule has 0 bridgehead atoms. The normalized spacial score (nSPS) is 8.38. The molecule has 0 N–H and O–H groups in total. The number of terminal acetylenes is 2. The van der Waals surface area contributed by atoms with Crippen molar-refractivity contribution in [3.05, 3.63) is 23.3 Å². The van der Waals surface area contributed by atoms with Crippen LogP contribution in [0.5, 0.6) is 11.5 Å². The standard InChI is InChI=1S/C12H6O4/c1-3-15-11-5-10(8-14)12(16-4-2)6-9(11)7-13/h1-2,5-8H. The Kier molecular flexibility index (Phi) is 3.71. The van der Waals surface area contributed by atoms with E-state index in [1.54, 1.807) is 0 Å². The minimum atomic E-state index is 0.101. The Morgan fingerprint density at radius 1 is 0.938 bits per heavy atom. The van der Waals surface area contributed by atoms with E-state index in [2.05, 4.69) is 0 Å². The third kappa shape index (κ3) is 2.20. The van der Waals surface area contributed by atoms with Gasteiger partial charge < -0.3 is 9.47 Å². The summed E-state index contributed by atoms with van der Waals surface area (Å²) in [4.78, 5) is 21.4. The van der Waals surface area contributed by atoms with E-state index in [4.69, 9.17) is 22.3 Å². The number of hydrogen-bond acceptors (Lipinski definition) is 4. The lowest BCUT2D eigenvalue weighted by molar-refractivity contribution is 0.110. The Hall–Kier alpha value is -2.72. The van der Waals surface area contributed by atoms with E-state index >= 15 is 0 Å². The predicted molar refractivity (Wildman–Crippen MR) is 56.1 cm³/mol. The van der Waals surface area contributed by atoms with E-state index in [1.807, 2.05) is 12.2 Å². The average molecular weight is 214 g/mol. The van der Waals surface area contributed by atoms with E-state index in [1.165, 1.54) is 12.1 Å². The molecule has 4 nitrogen and oxygen atoms in total. The van der Waals surface area contributed by atoms with Gasteiger partial charge in [0.25, 0.3) is 0 Å². The van der Waals surface area contributed by atoms with Crippen LogP contribution in [0.1, 0.15) is 20.7 Å². The molecule has 78 valence electrons. The first-order valence-electron chi connectivity index (χ1n) is 4.10. The maximum absolute atomic E-state index is 10.7. The lowest BCUT2D eigenvalue weighted by atomic mass is 10.1. The molecule has 4 heteroatoms. The molecule has 1 aromatic carbocycles. The van der Waals surface area contributed by atoms with Crippen molar-refractivity contribution in [3.8, 4) is 36.6 Å². The first kappa shape index (κ1) is 11.4. The third-order valence-corrected chi connectivity index (χ3v) is 1.73. The van der Waals surface area contributed by atoms with Crippen LogP contribution in [0.15, 0.2) is 12.1 Å². The Balaban J connectivity index is 3.35. The summed E-state index contributed by atoms with van der Waals surface area (Å²) in [6.45, 7) is 0. The molecule has 0 heterocycles. The molecule has 16 heavy (non-hydrogen) atoms. The highest BCUT2D eigenvalue weighted by molar-refractivity contribution is 5.87. The Morgan fingerprint density at radius 3 is 1.56 bits per heavy atom. The van der Waals surface area contributed by atoms with Gasteiger partial charge in [0.2, 0.25) is 0 Å². The summed E-state index contributed by atoms with van der Waals surface area (Å²) in [5.41, 5.74) is 0.294. The lowest BCUT2D eigenvalue weighted by Gasteiger charge is -2.06. The number of carbonyl (C=O) groups is 2. The van der Waals surface area contributed by atoms with Crippen molar-refractivity contribution >= 4 is 12.6 Å². The fraction of sp³-hybridized carbons (Fsp3) is 0. The average Bonchev–Trinajstić information content (AvgIpc) is 2.31. The molecule has 0 aliphatic carbocycles. The molecule has 0 atom stereocenters. The van der Waals surface area contributed by atoms with E-state index in [9.17, 15) is 9.59 Å². The van der Waals surface area contributed by atoms with Gasteiger partial charge >= 0.3 is 0 Å². The molecular formula is C12H6O4. The van der Waals surface area contributed by atoms with Gasteiger partial charge in [-0.05, 0) is 12.1 Å². The zero-order valence-corrected chi connectivity index (χ0v) is 8.10. The molecule has 0 aromatic heterocycles. The van der Waals surface area contributed by atoms with Crippen LogP contribution in [0.4, 0.5) is 0 Å². The fourth-order valence-electron chi connectivity index (χ4n) is 1.08. The van der Waals surface area contributed by atoms with Gasteiger partial charge in [0, 0.05) is 0 Å². The number of ether oxygens (including phenoxy) is 2. The van der Waals surface area contributed by atoms with Crippen LogP contribution >= 0.6 is 0 Å². The molecule has 0 radical (unpaired) electrons. The van der Waals surface area contributed by atoms with Gasteiger partial charge in [0.15, 0.2) is 24.1 Å². The summed E-state index contributed by atoms with van der Waals surface area (Å²) < 4.78 is 9.47. The monoisotopic (exact) mass is 214 g/mol. The topological polar surface area (TPSA) is 52.6 Å². The number of hydrogen-bond donors (Lipinski definition) is 0. The van der Waals surface area contributed by atoms with E-state index in [0.29, 0.717) is 12.6 Å². The minimum absolute atomic E-state index is 0.101. The van der Waals surface area contributed by atoms with Crippen LogP contribution in [0.3, 0.4) is 0 Å². The Morgan fingerprint density at radius 2 is 1.31 bits per heavy atom. The quantitative estimate of drug-likeness (QED) is 0.559. The molecular weight excluding hydrogens is 208 g/mol. The maximum Gasteiger partial charge on any atom is 0.153 e. The molecule has 0 fully saturated rings. The van der Waals surface area contributed by atoms with Crippen LogP contribution in [0.25, 0.3) is 0 Å². The van der Waals surface area contributed by atoms with Crippen LogP contribution in [0.2, 0.25) is 0 Å². The van der Waals surface area contributed by atoms with Gasteiger partial charge in [-0.25, -0.2) is 0 Å².